The number of amides is 1. The lowest BCUT2D eigenvalue weighted by Gasteiger charge is -2.07. The summed E-state index contributed by atoms with van der Waals surface area (Å²) in [6.45, 7) is 7.28. The second kappa shape index (κ2) is 15.3. The van der Waals surface area contributed by atoms with E-state index >= 15 is 0 Å². The highest BCUT2D eigenvalue weighted by atomic mass is 16.5. The zero-order valence-corrected chi connectivity index (χ0v) is 13.3. The predicted octanol–water partition coefficient (Wildman–Crippen LogP) is 1.67. The van der Waals surface area contributed by atoms with Crippen LogP contribution in [-0.4, -0.2) is 51.5 Å². The maximum absolute atomic E-state index is 11.5. The molecule has 0 fully saturated rings. The summed E-state index contributed by atoms with van der Waals surface area (Å²) in [5.41, 5.74) is 0. The molecule has 0 saturated heterocycles. The molecule has 0 aliphatic heterocycles. The number of rotatable bonds is 14. The Balaban J connectivity index is 3.29. The van der Waals surface area contributed by atoms with Crippen LogP contribution in [0, 0.1) is 0 Å². The molecule has 0 atom stereocenters. The van der Waals surface area contributed by atoms with Gasteiger partial charge < -0.3 is 19.5 Å². The van der Waals surface area contributed by atoms with Crippen molar-refractivity contribution in [2.75, 3.05) is 39.6 Å². The van der Waals surface area contributed by atoms with Crippen LogP contribution < -0.4 is 5.32 Å². The first-order chi connectivity index (χ1) is 10.2. The largest absolute Gasteiger partial charge is 0.466 e. The van der Waals surface area contributed by atoms with Gasteiger partial charge in [0.25, 0.3) is 0 Å². The van der Waals surface area contributed by atoms with E-state index in [0.29, 0.717) is 52.2 Å². The molecule has 0 rings (SSSR count). The van der Waals surface area contributed by atoms with E-state index in [0.717, 1.165) is 19.4 Å². The monoisotopic (exact) mass is 303 g/mol. The van der Waals surface area contributed by atoms with Crippen molar-refractivity contribution in [2.45, 2.75) is 46.0 Å². The summed E-state index contributed by atoms with van der Waals surface area (Å²) in [6.07, 6.45) is 2.96. The van der Waals surface area contributed by atoms with E-state index in [1.54, 1.807) is 0 Å². The topological polar surface area (TPSA) is 73.9 Å². The zero-order valence-electron chi connectivity index (χ0n) is 13.3. The zero-order chi connectivity index (χ0) is 15.8. The molecule has 1 N–H and O–H groups in total. The van der Waals surface area contributed by atoms with E-state index in [1.807, 2.05) is 6.92 Å². The summed E-state index contributed by atoms with van der Waals surface area (Å²) in [5, 5.41) is 2.74. The molecular weight excluding hydrogens is 274 g/mol. The lowest BCUT2D eigenvalue weighted by Crippen LogP contribution is -2.27. The second-order valence-corrected chi connectivity index (χ2v) is 4.65. The van der Waals surface area contributed by atoms with Gasteiger partial charge in [0, 0.05) is 26.0 Å². The molecule has 6 nitrogen and oxygen atoms in total. The number of nitrogens with one attached hydrogen (secondary N) is 1. The molecule has 0 spiro atoms. The van der Waals surface area contributed by atoms with Crippen LogP contribution in [0.25, 0.3) is 0 Å². The molecule has 0 unspecified atom stereocenters. The van der Waals surface area contributed by atoms with Crippen molar-refractivity contribution in [2.24, 2.45) is 0 Å². The smallest absolute Gasteiger partial charge is 0.305 e. The molecule has 0 aliphatic rings. The van der Waals surface area contributed by atoms with Crippen molar-refractivity contribution in [3.8, 4) is 0 Å². The Morgan fingerprint density at radius 3 is 2.19 bits per heavy atom. The van der Waals surface area contributed by atoms with E-state index in [2.05, 4.69) is 12.2 Å². The van der Waals surface area contributed by atoms with Gasteiger partial charge in [-0.25, -0.2) is 0 Å². The first-order valence-corrected chi connectivity index (χ1v) is 7.78. The van der Waals surface area contributed by atoms with Gasteiger partial charge in [-0.2, -0.15) is 0 Å². The molecule has 6 heteroatoms. The number of carbonyl (C=O) groups excluding carboxylic acids is 2. The third kappa shape index (κ3) is 15.1. The van der Waals surface area contributed by atoms with E-state index in [9.17, 15) is 9.59 Å². The highest BCUT2D eigenvalue weighted by Gasteiger charge is 2.05. The Hall–Kier alpha value is -1.14. The van der Waals surface area contributed by atoms with Gasteiger partial charge >= 0.3 is 5.97 Å². The number of ether oxygens (including phenoxy) is 3. The molecule has 0 bridgehead atoms. The van der Waals surface area contributed by atoms with Gasteiger partial charge in [-0.15, -0.1) is 0 Å². The molecule has 0 radical (unpaired) electrons. The van der Waals surface area contributed by atoms with Gasteiger partial charge in [0.2, 0.25) is 5.91 Å². The summed E-state index contributed by atoms with van der Waals surface area (Å²) >= 11 is 0. The molecule has 0 aliphatic carbocycles. The van der Waals surface area contributed by atoms with Crippen LogP contribution in [-0.2, 0) is 23.8 Å². The summed E-state index contributed by atoms with van der Waals surface area (Å²) in [4.78, 5) is 22.7. The van der Waals surface area contributed by atoms with Crippen molar-refractivity contribution in [1.29, 1.82) is 0 Å². The SMILES string of the molecule is CCCOCCOCCNC(=O)CCCC(=O)OCCC. The summed E-state index contributed by atoms with van der Waals surface area (Å²) in [6, 6.07) is 0. The van der Waals surface area contributed by atoms with Crippen molar-refractivity contribution in [3.05, 3.63) is 0 Å². The fourth-order valence-corrected chi connectivity index (χ4v) is 1.50. The highest BCUT2D eigenvalue weighted by Crippen LogP contribution is 1.98. The second-order valence-electron chi connectivity index (χ2n) is 4.65. The Morgan fingerprint density at radius 2 is 1.52 bits per heavy atom. The minimum absolute atomic E-state index is 0.0656. The molecular formula is C15H29NO5. The van der Waals surface area contributed by atoms with Crippen LogP contribution in [0.2, 0.25) is 0 Å². The molecule has 0 saturated carbocycles. The third-order valence-electron chi connectivity index (χ3n) is 2.54. The molecule has 0 aromatic rings. The van der Waals surface area contributed by atoms with Crippen LogP contribution in [0.3, 0.4) is 0 Å². The average molecular weight is 303 g/mol. The fourth-order valence-electron chi connectivity index (χ4n) is 1.50. The van der Waals surface area contributed by atoms with Crippen molar-refractivity contribution in [3.63, 3.8) is 0 Å². The standard InChI is InChI=1S/C15H29NO5/c1-3-9-19-12-13-20-11-8-16-14(17)6-5-7-15(18)21-10-4-2/h3-13H2,1-2H3,(H,16,17). The molecule has 0 aromatic heterocycles. The van der Waals surface area contributed by atoms with Crippen LogP contribution in [0.4, 0.5) is 0 Å². The van der Waals surface area contributed by atoms with Gasteiger partial charge in [-0.1, -0.05) is 13.8 Å². The minimum atomic E-state index is -0.236. The van der Waals surface area contributed by atoms with Crippen molar-refractivity contribution < 1.29 is 23.8 Å². The van der Waals surface area contributed by atoms with Gasteiger partial charge in [-0.05, 0) is 19.3 Å². The quantitative estimate of drug-likeness (QED) is 0.390. The molecule has 0 heterocycles. The fraction of sp³-hybridized carbons (Fsp3) is 0.867. The van der Waals surface area contributed by atoms with Gasteiger partial charge in [-0.3, -0.25) is 9.59 Å². The first kappa shape index (κ1) is 19.9. The Morgan fingerprint density at radius 1 is 0.857 bits per heavy atom. The first-order valence-electron chi connectivity index (χ1n) is 7.78. The predicted molar refractivity (Wildman–Crippen MR) is 80.0 cm³/mol. The number of hydrogen-bond acceptors (Lipinski definition) is 5. The summed E-state index contributed by atoms with van der Waals surface area (Å²) in [7, 11) is 0. The van der Waals surface area contributed by atoms with E-state index in [1.165, 1.54) is 0 Å². The summed E-state index contributed by atoms with van der Waals surface area (Å²) in [5.74, 6) is -0.302. The Bertz CT molecular complexity index is 271. The number of esters is 1. The molecule has 0 aromatic carbocycles. The van der Waals surface area contributed by atoms with E-state index in [4.69, 9.17) is 14.2 Å². The number of carbonyl (C=O) groups is 2. The van der Waals surface area contributed by atoms with E-state index in [-0.39, 0.29) is 11.9 Å². The molecule has 124 valence electrons. The van der Waals surface area contributed by atoms with Gasteiger partial charge in [0.05, 0.1) is 26.4 Å². The van der Waals surface area contributed by atoms with E-state index < -0.39 is 0 Å². The van der Waals surface area contributed by atoms with Crippen LogP contribution in [0.5, 0.6) is 0 Å². The maximum Gasteiger partial charge on any atom is 0.305 e. The highest BCUT2D eigenvalue weighted by molar-refractivity contribution is 5.76. The van der Waals surface area contributed by atoms with Crippen LogP contribution >= 0.6 is 0 Å². The lowest BCUT2D eigenvalue weighted by atomic mass is 10.2. The van der Waals surface area contributed by atoms with Crippen molar-refractivity contribution >= 4 is 11.9 Å². The van der Waals surface area contributed by atoms with Crippen LogP contribution in [0.1, 0.15) is 46.0 Å². The van der Waals surface area contributed by atoms with Crippen LogP contribution in [0.15, 0.2) is 0 Å². The summed E-state index contributed by atoms with van der Waals surface area (Å²) < 4.78 is 15.5. The van der Waals surface area contributed by atoms with Gasteiger partial charge in [0.15, 0.2) is 0 Å². The third-order valence-corrected chi connectivity index (χ3v) is 2.54. The van der Waals surface area contributed by atoms with Crippen molar-refractivity contribution in [1.82, 2.24) is 5.32 Å². The maximum atomic E-state index is 11.5. The Kier molecular flexibility index (Phi) is 14.4. The molecule has 21 heavy (non-hydrogen) atoms. The molecule has 1 amide bonds. The normalized spacial score (nSPS) is 10.4. The Labute approximate surface area is 127 Å². The lowest BCUT2D eigenvalue weighted by molar-refractivity contribution is -0.143. The average Bonchev–Trinajstić information content (AvgIpc) is 2.48. The van der Waals surface area contributed by atoms with Gasteiger partial charge in [0.1, 0.15) is 0 Å². The minimum Gasteiger partial charge on any atom is -0.466 e. The number of hydrogen-bond donors (Lipinski definition) is 1.